The van der Waals surface area contributed by atoms with Gasteiger partial charge in [-0.3, -0.25) is 4.68 Å². The third-order valence-electron chi connectivity index (χ3n) is 4.84. The number of aryl methyl sites for hydroxylation is 2. The lowest BCUT2D eigenvalue weighted by Gasteiger charge is -2.04. The average molecular weight is 467 g/mol. The van der Waals surface area contributed by atoms with Gasteiger partial charge in [-0.25, -0.2) is 8.42 Å². The summed E-state index contributed by atoms with van der Waals surface area (Å²) in [4.78, 5) is 0. The molecule has 0 bridgehead atoms. The second-order valence-electron chi connectivity index (χ2n) is 7.66. The van der Waals surface area contributed by atoms with E-state index < -0.39 is 9.84 Å². The summed E-state index contributed by atoms with van der Waals surface area (Å²) >= 11 is 5.97. The molecule has 0 fully saturated rings. The molecule has 0 saturated carbocycles. The zero-order valence-corrected chi connectivity index (χ0v) is 20.1. The highest BCUT2D eigenvalue weighted by atomic mass is 35.5. The molecule has 0 aliphatic rings. The van der Waals surface area contributed by atoms with Gasteiger partial charge < -0.3 is 0 Å². The van der Waals surface area contributed by atoms with E-state index in [9.17, 15) is 8.42 Å². The summed E-state index contributed by atoms with van der Waals surface area (Å²) in [5, 5.41) is 5.46. The number of rotatable bonds is 5. The molecule has 0 N–H and O–H groups in total. The van der Waals surface area contributed by atoms with Crippen molar-refractivity contribution in [2.75, 3.05) is 6.26 Å². The normalized spacial score (nSPS) is 11.0. The number of nitrogens with zero attached hydrogens (tertiary/aromatic N) is 2. The standard InChI is InChI=1S/C18H17ClN2.C8H10O2S/c1-3-21-18(15-8-10-16(19)11-9-15)12-17(20-21)14-6-4-13(2)5-7-14;1-11(9,10)7-8-5-3-2-4-6-8/h4-12H,3H2,1-2H3;2-6H,7H2,1H3. The Hall–Kier alpha value is -2.89. The van der Waals surface area contributed by atoms with E-state index in [0.29, 0.717) is 0 Å². The minimum Gasteiger partial charge on any atom is -0.265 e. The first-order chi connectivity index (χ1) is 15.2. The maximum Gasteiger partial charge on any atom is 0.151 e. The predicted molar refractivity (Wildman–Crippen MR) is 134 cm³/mol. The fourth-order valence-electron chi connectivity index (χ4n) is 3.25. The fraction of sp³-hybridized carbons (Fsp3) is 0.192. The van der Waals surface area contributed by atoms with Crippen LogP contribution in [0.15, 0.2) is 84.9 Å². The molecule has 1 heterocycles. The Kier molecular flexibility index (Phi) is 7.89. The summed E-state index contributed by atoms with van der Waals surface area (Å²) in [7, 11) is -2.88. The molecule has 0 aliphatic carbocycles. The van der Waals surface area contributed by atoms with Crippen molar-refractivity contribution in [1.82, 2.24) is 9.78 Å². The van der Waals surface area contributed by atoms with Crippen molar-refractivity contribution < 1.29 is 8.42 Å². The zero-order valence-electron chi connectivity index (χ0n) is 18.5. The van der Waals surface area contributed by atoms with Crippen molar-refractivity contribution in [2.45, 2.75) is 26.1 Å². The molecule has 0 amide bonds. The first kappa shape index (κ1) is 23.8. The van der Waals surface area contributed by atoms with Crippen LogP contribution in [0, 0.1) is 6.92 Å². The molecule has 4 aromatic rings. The summed E-state index contributed by atoms with van der Waals surface area (Å²) in [6.45, 7) is 5.03. The number of sulfone groups is 1. The van der Waals surface area contributed by atoms with Crippen LogP contribution >= 0.6 is 11.6 Å². The first-order valence-corrected chi connectivity index (χ1v) is 12.8. The molecule has 0 radical (unpaired) electrons. The van der Waals surface area contributed by atoms with Gasteiger partial charge in [0, 0.05) is 23.4 Å². The van der Waals surface area contributed by atoms with Gasteiger partial charge in [0.1, 0.15) is 0 Å². The van der Waals surface area contributed by atoms with E-state index in [1.54, 1.807) is 12.1 Å². The van der Waals surface area contributed by atoms with Crippen molar-refractivity contribution in [3.8, 4) is 22.5 Å². The van der Waals surface area contributed by atoms with E-state index in [4.69, 9.17) is 16.7 Å². The molecule has 0 atom stereocenters. The molecule has 0 aliphatic heterocycles. The second kappa shape index (κ2) is 10.6. The smallest absolute Gasteiger partial charge is 0.151 e. The van der Waals surface area contributed by atoms with E-state index in [1.807, 2.05) is 47.1 Å². The number of benzene rings is 3. The van der Waals surface area contributed by atoms with Gasteiger partial charge in [0.25, 0.3) is 0 Å². The third-order valence-corrected chi connectivity index (χ3v) is 5.95. The lowest BCUT2D eigenvalue weighted by atomic mass is 10.1. The van der Waals surface area contributed by atoms with Crippen molar-refractivity contribution in [3.63, 3.8) is 0 Å². The molecule has 4 nitrogen and oxygen atoms in total. The molecular weight excluding hydrogens is 440 g/mol. The van der Waals surface area contributed by atoms with Gasteiger partial charge in [-0.2, -0.15) is 5.10 Å². The Bertz CT molecular complexity index is 1250. The van der Waals surface area contributed by atoms with Crippen LogP contribution in [0.1, 0.15) is 18.1 Å². The maximum atomic E-state index is 10.8. The Morgan fingerprint density at radius 1 is 0.875 bits per heavy atom. The number of halogens is 1. The molecule has 166 valence electrons. The van der Waals surface area contributed by atoms with Crippen LogP contribution in [0.3, 0.4) is 0 Å². The minimum atomic E-state index is -2.88. The molecule has 32 heavy (non-hydrogen) atoms. The summed E-state index contributed by atoms with van der Waals surface area (Å²) in [5.74, 6) is 0.133. The molecule has 6 heteroatoms. The van der Waals surface area contributed by atoms with Crippen LogP contribution in [-0.4, -0.2) is 24.5 Å². The Morgan fingerprint density at radius 3 is 2.03 bits per heavy atom. The molecule has 0 saturated heterocycles. The highest BCUT2D eigenvalue weighted by Gasteiger charge is 2.10. The minimum absolute atomic E-state index is 0.133. The van der Waals surface area contributed by atoms with Gasteiger partial charge in [-0.05, 0) is 43.2 Å². The van der Waals surface area contributed by atoms with E-state index in [1.165, 1.54) is 11.8 Å². The zero-order chi connectivity index (χ0) is 23.1. The lowest BCUT2D eigenvalue weighted by Crippen LogP contribution is -1.99. The summed E-state index contributed by atoms with van der Waals surface area (Å²) in [6, 6.07) is 27.6. The van der Waals surface area contributed by atoms with Crippen molar-refractivity contribution >= 4 is 21.4 Å². The average Bonchev–Trinajstić information content (AvgIpc) is 3.19. The lowest BCUT2D eigenvalue weighted by molar-refractivity contribution is 0.601. The topological polar surface area (TPSA) is 52.0 Å². The van der Waals surface area contributed by atoms with Gasteiger partial charge >= 0.3 is 0 Å². The highest BCUT2D eigenvalue weighted by molar-refractivity contribution is 7.89. The molecule has 0 spiro atoms. The largest absolute Gasteiger partial charge is 0.265 e. The monoisotopic (exact) mass is 466 g/mol. The first-order valence-electron chi connectivity index (χ1n) is 10.4. The van der Waals surface area contributed by atoms with Crippen LogP contribution < -0.4 is 0 Å². The molecule has 3 aromatic carbocycles. The van der Waals surface area contributed by atoms with E-state index in [0.717, 1.165) is 39.6 Å². The SMILES string of the molecule is CCn1nc(-c2ccc(C)cc2)cc1-c1ccc(Cl)cc1.CS(=O)(=O)Cc1ccccc1. The Balaban J connectivity index is 0.000000222. The predicted octanol–water partition coefficient (Wildman–Crippen LogP) is 6.43. The van der Waals surface area contributed by atoms with Gasteiger partial charge in [0.15, 0.2) is 9.84 Å². The molecule has 4 rings (SSSR count). The van der Waals surface area contributed by atoms with Crippen LogP contribution in [-0.2, 0) is 22.1 Å². The Labute approximate surface area is 195 Å². The van der Waals surface area contributed by atoms with Crippen molar-refractivity contribution in [3.05, 3.63) is 101 Å². The van der Waals surface area contributed by atoms with Crippen LogP contribution in [0.5, 0.6) is 0 Å². The summed E-state index contributed by atoms with van der Waals surface area (Å²) < 4.78 is 23.6. The molecule has 1 aromatic heterocycles. The van der Waals surface area contributed by atoms with Crippen LogP contribution in [0.2, 0.25) is 5.02 Å². The highest BCUT2D eigenvalue weighted by Crippen LogP contribution is 2.27. The fourth-order valence-corrected chi connectivity index (χ4v) is 4.18. The summed E-state index contributed by atoms with van der Waals surface area (Å²) in [6.07, 6.45) is 1.24. The maximum absolute atomic E-state index is 10.8. The van der Waals surface area contributed by atoms with Crippen LogP contribution in [0.25, 0.3) is 22.5 Å². The second-order valence-corrected chi connectivity index (χ2v) is 10.2. The van der Waals surface area contributed by atoms with Crippen molar-refractivity contribution in [2.24, 2.45) is 0 Å². The number of hydrogen-bond donors (Lipinski definition) is 0. The number of aromatic nitrogens is 2. The van der Waals surface area contributed by atoms with E-state index >= 15 is 0 Å². The molecule has 0 unspecified atom stereocenters. The van der Waals surface area contributed by atoms with Gasteiger partial charge in [0.2, 0.25) is 0 Å². The van der Waals surface area contributed by atoms with Gasteiger partial charge in [0.05, 0.1) is 17.1 Å². The Morgan fingerprint density at radius 2 is 1.47 bits per heavy atom. The van der Waals surface area contributed by atoms with E-state index in [2.05, 4.69) is 44.2 Å². The van der Waals surface area contributed by atoms with Gasteiger partial charge in [-0.1, -0.05) is 83.9 Å². The van der Waals surface area contributed by atoms with Crippen molar-refractivity contribution in [1.29, 1.82) is 0 Å². The quantitative estimate of drug-likeness (QED) is 0.340. The number of hydrogen-bond acceptors (Lipinski definition) is 3. The third kappa shape index (κ3) is 6.81. The van der Waals surface area contributed by atoms with Gasteiger partial charge in [-0.15, -0.1) is 0 Å². The van der Waals surface area contributed by atoms with Crippen LogP contribution in [0.4, 0.5) is 0 Å². The molecular formula is C26H27ClN2O2S. The van der Waals surface area contributed by atoms with E-state index in [-0.39, 0.29) is 5.75 Å². The summed E-state index contributed by atoms with van der Waals surface area (Å²) in [5.41, 5.74) is 6.49.